The van der Waals surface area contributed by atoms with Crippen molar-refractivity contribution in [1.29, 1.82) is 0 Å². The van der Waals surface area contributed by atoms with Gasteiger partial charge in [0.1, 0.15) is 11.4 Å². The predicted molar refractivity (Wildman–Crippen MR) is 97.2 cm³/mol. The van der Waals surface area contributed by atoms with Gasteiger partial charge in [0.15, 0.2) is 0 Å². The molecule has 1 aromatic heterocycles. The fourth-order valence-corrected chi connectivity index (χ4v) is 2.88. The van der Waals surface area contributed by atoms with Gasteiger partial charge in [-0.15, -0.1) is 0 Å². The second-order valence-electron chi connectivity index (χ2n) is 5.74. The Bertz CT molecular complexity index is 888. The number of halogens is 3. The number of nitrogens with one attached hydrogen (secondary N) is 2. The highest BCUT2D eigenvalue weighted by atomic mass is 32.2. The van der Waals surface area contributed by atoms with Crippen LogP contribution in [0, 0.1) is 0 Å². The number of nitrogens with zero attached hydrogens (tertiary/aromatic N) is 2. The minimum absolute atomic E-state index is 0.00199. The molecule has 7 nitrogen and oxygen atoms in total. The Morgan fingerprint density at radius 3 is 2.56 bits per heavy atom. The summed E-state index contributed by atoms with van der Waals surface area (Å²) < 4.78 is 61.3. The van der Waals surface area contributed by atoms with Crippen LogP contribution in [0.2, 0.25) is 0 Å². The van der Waals surface area contributed by atoms with E-state index in [1.165, 1.54) is 0 Å². The molecule has 0 amide bonds. The van der Waals surface area contributed by atoms with E-state index in [4.69, 9.17) is 5.14 Å². The Hall–Kier alpha value is -2.40. The van der Waals surface area contributed by atoms with E-state index in [0.717, 1.165) is 12.0 Å². The van der Waals surface area contributed by atoms with Gasteiger partial charge >= 0.3 is 6.18 Å². The molecular weight excluding hydrogens is 383 g/mol. The van der Waals surface area contributed by atoms with Crippen LogP contribution in [-0.2, 0) is 22.6 Å². The number of benzene rings is 1. The summed E-state index contributed by atoms with van der Waals surface area (Å²) in [5.74, 6) is -0.775. The largest absolute Gasteiger partial charge is 0.421 e. The molecule has 0 saturated heterocycles. The van der Waals surface area contributed by atoms with Crippen LogP contribution in [0.25, 0.3) is 0 Å². The number of aryl methyl sites for hydroxylation is 1. The van der Waals surface area contributed by atoms with Gasteiger partial charge in [-0.1, -0.05) is 25.1 Å². The van der Waals surface area contributed by atoms with Crippen molar-refractivity contribution in [3.8, 4) is 0 Å². The van der Waals surface area contributed by atoms with Gasteiger partial charge in [-0.25, -0.2) is 18.5 Å². The monoisotopic (exact) mass is 403 g/mol. The summed E-state index contributed by atoms with van der Waals surface area (Å²) in [6, 6.07) is 7.31. The minimum Gasteiger partial charge on any atom is -0.369 e. The van der Waals surface area contributed by atoms with Crippen LogP contribution in [0.3, 0.4) is 0 Å². The number of sulfonamides is 1. The maximum Gasteiger partial charge on any atom is 0.421 e. The smallest absolute Gasteiger partial charge is 0.369 e. The van der Waals surface area contributed by atoms with Crippen LogP contribution in [0.4, 0.5) is 30.6 Å². The lowest BCUT2D eigenvalue weighted by Gasteiger charge is -2.15. The van der Waals surface area contributed by atoms with E-state index in [0.29, 0.717) is 11.9 Å². The Kier molecular flexibility index (Phi) is 6.60. The first kappa shape index (κ1) is 20.9. The number of anilines is 3. The molecule has 148 valence electrons. The molecule has 2 aromatic rings. The van der Waals surface area contributed by atoms with Gasteiger partial charge in [0, 0.05) is 18.4 Å². The lowest BCUT2D eigenvalue weighted by Crippen LogP contribution is -2.20. The van der Waals surface area contributed by atoms with Crippen molar-refractivity contribution in [3.05, 3.63) is 41.6 Å². The van der Waals surface area contributed by atoms with E-state index in [-0.39, 0.29) is 24.7 Å². The van der Waals surface area contributed by atoms with E-state index in [9.17, 15) is 21.6 Å². The molecular formula is C16H20F3N5O2S. The summed E-state index contributed by atoms with van der Waals surface area (Å²) in [5.41, 5.74) is 0.621. The number of rotatable bonds is 8. The molecule has 0 spiro atoms. The normalized spacial score (nSPS) is 12.0. The molecule has 1 aromatic carbocycles. The molecule has 0 saturated carbocycles. The predicted octanol–water partition coefficient (Wildman–Crippen LogP) is 2.89. The van der Waals surface area contributed by atoms with Gasteiger partial charge < -0.3 is 10.6 Å². The fourth-order valence-electron chi connectivity index (χ4n) is 2.34. The number of aromatic nitrogens is 2. The van der Waals surface area contributed by atoms with Crippen molar-refractivity contribution in [1.82, 2.24) is 9.97 Å². The lowest BCUT2D eigenvalue weighted by atomic mass is 10.1. The maximum atomic E-state index is 13.2. The molecule has 0 aliphatic heterocycles. The fraction of sp³-hybridized carbons (Fsp3) is 0.375. The average Bonchev–Trinajstić information content (AvgIpc) is 2.57. The zero-order valence-corrected chi connectivity index (χ0v) is 15.4. The van der Waals surface area contributed by atoms with Gasteiger partial charge in [0.25, 0.3) is 0 Å². The van der Waals surface area contributed by atoms with Crippen LogP contribution in [0.15, 0.2) is 30.5 Å². The van der Waals surface area contributed by atoms with Crippen LogP contribution in [0.5, 0.6) is 0 Å². The van der Waals surface area contributed by atoms with Crippen LogP contribution >= 0.6 is 0 Å². The summed E-state index contributed by atoms with van der Waals surface area (Å²) in [4.78, 5) is 7.66. The van der Waals surface area contributed by atoms with Gasteiger partial charge in [0.2, 0.25) is 16.0 Å². The summed E-state index contributed by atoms with van der Waals surface area (Å²) in [5, 5.41) is 10.3. The van der Waals surface area contributed by atoms with E-state index < -0.39 is 27.6 Å². The Morgan fingerprint density at radius 1 is 1.22 bits per heavy atom. The SMILES string of the molecule is CCc1ccccc1Nc1ncc(C(F)(F)F)c(NCCCS(N)(=O)=O)n1. The van der Waals surface area contributed by atoms with Crippen molar-refractivity contribution in [2.45, 2.75) is 25.9 Å². The number of hydrogen-bond donors (Lipinski definition) is 3. The number of primary sulfonamides is 1. The van der Waals surface area contributed by atoms with Crippen molar-refractivity contribution < 1.29 is 21.6 Å². The van der Waals surface area contributed by atoms with Gasteiger partial charge in [-0.3, -0.25) is 0 Å². The van der Waals surface area contributed by atoms with E-state index >= 15 is 0 Å². The molecule has 0 aliphatic carbocycles. The zero-order valence-electron chi connectivity index (χ0n) is 14.5. The van der Waals surface area contributed by atoms with Gasteiger partial charge in [-0.05, 0) is 24.5 Å². The Balaban J connectivity index is 2.22. The van der Waals surface area contributed by atoms with Crippen LogP contribution in [-0.4, -0.2) is 30.7 Å². The van der Waals surface area contributed by atoms with Crippen LogP contribution in [0.1, 0.15) is 24.5 Å². The standard InChI is InChI=1S/C16H20F3N5O2S/c1-2-11-6-3-4-7-13(11)23-15-22-10-12(16(17,18)19)14(24-15)21-8-5-9-27(20,25)26/h3-4,6-7,10H,2,5,8-9H2,1H3,(H2,20,25,26)(H2,21,22,23,24). The second kappa shape index (κ2) is 8.53. The van der Waals surface area contributed by atoms with E-state index in [1.54, 1.807) is 12.1 Å². The Morgan fingerprint density at radius 2 is 1.93 bits per heavy atom. The molecule has 2 rings (SSSR count). The molecule has 11 heteroatoms. The topological polar surface area (TPSA) is 110 Å². The number of nitrogens with two attached hydrogens (primary N) is 1. The first-order valence-corrected chi connectivity index (χ1v) is 9.85. The van der Waals surface area contributed by atoms with Crippen molar-refractivity contribution in [3.63, 3.8) is 0 Å². The Labute approximate surface area is 155 Å². The van der Waals surface area contributed by atoms with Gasteiger partial charge in [-0.2, -0.15) is 18.2 Å². The van der Waals surface area contributed by atoms with Crippen molar-refractivity contribution in [2.75, 3.05) is 22.9 Å². The number of alkyl halides is 3. The highest BCUT2D eigenvalue weighted by Gasteiger charge is 2.35. The maximum absolute atomic E-state index is 13.2. The lowest BCUT2D eigenvalue weighted by molar-refractivity contribution is -0.137. The molecule has 0 aliphatic rings. The molecule has 0 radical (unpaired) electrons. The quantitative estimate of drug-likeness (QED) is 0.585. The van der Waals surface area contributed by atoms with Crippen molar-refractivity contribution >= 4 is 27.5 Å². The van der Waals surface area contributed by atoms with Crippen molar-refractivity contribution in [2.24, 2.45) is 5.14 Å². The molecule has 0 fully saturated rings. The molecule has 0 unspecified atom stereocenters. The third kappa shape index (κ3) is 6.36. The first-order valence-electron chi connectivity index (χ1n) is 8.13. The summed E-state index contributed by atoms with van der Waals surface area (Å²) in [6.45, 7) is 1.91. The molecule has 1 heterocycles. The second-order valence-corrected chi connectivity index (χ2v) is 7.47. The summed E-state index contributed by atoms with van der Waals surface area (Å²) in [6.07, 6.45) is -3.20. The number of para-hydroxylation sites is 1. The molecule has 27 heavy (non-hydrogen) atoms. The third-order valence-corrected chi connectivity index (χ3v) is 4.49. The average molecular weight is 403 g/mol. The van der Waals surface area contributed by atoms with E-state index in [2.05, 4.69) is 20.6 Å². The first-order chi connectivity index (χ1) is 12.6. The third-order valence-electron chi connectivity index (χ3n) is 3.64. The van der Waals surface area contributed by atoms with E-state index in [1.807, 2.05) is 19.1 Å². The minimum atomic E-state index is -4.65. The van der Waals surface area contributed by atoms with Gasteiger partial charge in [0.05, 0.1) is 5.75 Å². The molecule has 0 atom stereocenters. The van der Waals surface area contributed by atoms with Crippen LogP contribution < -0.4 is 15.8 Å². The summed E-state index contributed by atoms with van der Waals surface area (Å²) in [7, 11) is -3.68. The summed E-state index contributed by atoms with van der Waals surface area (Å²) >= 11 is 0. The highest BCUT2D eigenvalue weighted by molar-refractivity contribution is 7.89. The zero-order chi connectivity index (χ0) is 20.1. The highest BCUT2D eigenvalue weighted by Crippen LogP contribution is 2.34. The number of hydrogen-bond acceptors (Lipinski definition) is 6. The molecule has 4 N–H and O–H groups in total. The molecule has 0 bridgehead atoms.